The average Bonchev–Trinajstić information content (AvgIpc) is 2.99. The highest BCUT2D eigenvalue weighted by Crippen LogP contribution is 2.29. The van der Waals surface area contributed by atoms with E-state index in [9.17, 15) is 4.79 Å². The predicted octanol–water partition coefficient (Wildman–Crippen LogP) is 1.04. The molecule has 0 atom stereocenters. The zero-order valence-corrected chi connectivity index (χ0v) is 9.79. The zero-order valence-electron chi connectivity index (χ0n) is 9.79. The molecular formula is C11H18N4O. The number of nitrogens with one attached hydrogen (secondary N) is 1. The molecule has 2 rings (SSSR count). The number of nitrogens with zero attached hydrogens (tertiary/aromatic N) is 2. The number of carbonyl (C=O) groups excluding carboxylic acids is 1. The Hall–Kier alpha value is -1.52. The van der Waals surface area contributed by atoms with Gasteiger partial charge in [-0.15, -0.1) is 0 Å². The molecular weight excluding hydrogens is 204 g/mol. The summed E-state index contributed by atoms with van der Waals surface area (Å²) < 4.78 is 0. The number of aromatic nitrogens is 2. The van der Waals surface area contributed by atoms with Crippen LogP contribution >= 0.6 is 0 Å². The first-order chi connectivity index (χ1) is 7.63. The molecule has 1 aliphatic carbocycles. The van der Waals surface area contributed by atoms with Crippen LogP contribution in [0.4, 0.5) is 5.69 Å². The molecule has 5 heteroatoms. The average molecular weight is 222 g/mol. The summed E-state index contributed by atoms with van der Waals surface area (Å²) in [6, 6.07) is 0. The normalized spacial score (nSPS) is 15.1. The molecule has 1 fully saturated rings. The number of rotatable bonds is 4. The standard InChI is InChI=1S/C11H18N4O/c1-3-8-9(12)10(14-13-8)11(16)15(2)6-7-4-5-7/h7H,3-6,12H2,1-2H3,(H,13,14). The summed E-state index contributed by atoms with van der Waals surface area (Å²) in [5.74, 6) is 0.597. The minimum atomic E-state index is -0.0830. The lowest BCUT2D eigenvalue weighted by Crippen LogP contribution is -2.29. The van der Waals surface area contributed by atoms with Crippen molar-refractivity contribution < 1.29 is 4.79 Å². The molecule has 88 valence electrons. The Morgan fingerprint density at radius 1 is 1.62 bits per heavy atom. The van der Waals surface area contributed by atoms with E-state index in [0.29, 0.717) is 17.3 Å². The highest BCUT2D eigenvalue weighted by atomic mass is 16.2. The Balaban J connectivity index is 2.09. The summed E-state index contributed by atoms with van der Waals surface area (Å²) in [7, 11) is 1.81. The Bertz CT molecular complexity index is 395. The van der Waals surface area contributed by atoms with Crippen molar-refractivity contribution in [1.82, 2.24) is 15.1 Å². The molecule has 0 saturated heterocycles. The van der Waals surface area contributed by atoms with Crippen LogP contribution in [0.2, 0.25) is 0 Å². The maximum atomic E-state index is 12.0. The van der Waals surface area contributed by atoms with Crippen molar-refractivity contribution in [1.29, 1.82) is 0 Å². The molecule has 16 heavy (non-hydrogen) atoms. The van der Waals surface area contributed by atoms with Crippen molar-refractivity contribution in [2.24, 2.45) is 5.92 Å². The van der Waals surface area contributed by atoms with Crippen LogP contribution in [0, 0.1) is 5.92 Å². The van der Waals surface area contributed by atoms with Gasteiger partial charge in [0.15, 0.2) is 5.69 Å². The maximum absolute atomic E-state index is 12.0. The molecule has 5 nitrogen and oxygen atoms in total. The molecule has 1 aromatic heterocycles. The van der Waals surface area contributed by atoms with Crippen LogP contribution in [0.15, 0.2) is 0 Å². The third-order valence-corrected chi connectivity index (χ3v) is 3.01. The van der Waals surface area contributed by atoms with E-state index in [1.165, 1.54) is 12.8 Å². The van der Waals surface area contributed by atoms with Crippen LogP contribution in [0.3, 0.4) is 0 Å². The molecule has 0 radical (unpaired) electrons. The third kappa shape index (κ3) is 2.03. The number of amides is 1. The van der Waals surface area contributed by atoms with Gasteiger partial charge in [-0.25, -0.2) is 0 Å². The molecule has 0 aromatic carbocycles. The van der Waals surface area contributed by atoms with Crippen molar-refractivity contribution >= 4 is 11.6 Å². The van der Waals surface area contributed by atoms with Crippen molar-refractivity contribution in [3.63, 3.8) is 0 Å². The van der Waals surface area contributed by atoms with Crippen LogP contribution < -0.4 is 5.73 Å². The Morgan fingerprint density at radius 3 is 2.81 bits per heavy atom. The van der Waals surface area contributed by atoms with Gasteiger partial charge < -0.3 is 10.6 Å². The summed E-state index contributed by atoms with van der Waals surface area (Å²) in [6.07, 6.45) is 3.22. The van der Waals surface area contributed by atoms with Crippen LogP contribution in [-0.4, -0.2) is 34.6 Å². The summed E-state index contributed by atoms with van der Waals surface area (Å²) in [5, 5.41) is 6.80. The quantitative estimate of drug-likeness (QED) is 0.799. The van der Waals surface area contributed by atoms with Crippen molar-refractivity contribution in [3.05, 3.63) is 11.4 Å². The van der Waals surface area contributed by atoms with E-state index in [1.807, 2.05) is 6.92 Å². The molecule has 3 N–H and O–H groups in total. The van der Waals surface area contributed by atoms with Gasteiger partial charge in [0.1, 0.15) is 0 Å². The highest BCUT2D eigenvalue weighted by Gasteiger charge is 2.27. The van der Waals surface area contributed by atoms with Gasteiger partial charge in [0.2, 0.25) is 0 Å². The van der Waals surface area contributed by atoms with Gasteiger partial charge in [0.05, 0.1) is 11.4 Å². The number of nitrogen functional groups attached to an aromatic ring is 1. The van der Waals surface area contributed by atoms with Gasteiger partial charge in [-0.3, -0.25) is 9.89 Å². The van der Waals surface area contributed by atoms with Crippen molar-refractivity contribution in [3.8, 4) is 0 Å². The number of nitrogens with two attached hydrogens (primary N) is 1. The minimum absolute atomic E-state index is 0.0830. The van der Waals surface area contributed by atoms with Crippen molar-refractivity contribution in [2.45, 2.75) is 26.2 Å². The SMILES string of the molecule is CCc1[nH]nc(C(=O)N(C)CC2CC2)c1N. The lowest BCUT2D eigenvalue weighted by atomic mass is 10.2. The number of hydrogen-bond acceptors (Lipinski definition) is 3. The second-order valence-electron chi connectivity index (χ2n) is 4.45. The number of aromatic amines is 1. The number of anilines is 1. The number of H-pyrrole nitrogens is 1. The second kappa shape index (κ2) is 4.15. The summed E-state index contributed by atoms with van der Waals surface area (Å²) in [5.41, 5.74) is 7.55. The molecule has 1 amide bonds. The lowest BCUT2D eigenvalue weighted by Gasteiger charge is -2.15. The fourth-order valence-electron chi connectivity index (χ4n) is 1.77. The largest absolute Gasteiger partial charge is 0.395 e. The van der Waals surface area contributed by atoms with E-state index >= 15 is 0 Å². The van der Waals surface area contributed by atoms with Crippen molar-refractivity contribution in [2.75, 3.05) is 19.3 Å². The topological polar surface area (TPSA) is 75.0 Å². The predicted molar refractivity (Wildman–Crippen MR) is 62.1 cm³/mol. The number of aryl methyl sites for hydroxylation is 1. The molecule has 1 heterocycles. The minimum Gasteiger partial charge on any atom is -0.395 e. The smallest absolute Gasteiger partial charge is 0.276 e. The first-order valence-corrected chi connectivity index (χ1v) is 5.71. The third-order valence-electron chi connectivity index (χ3n) is 3.01. The first-order valence-electron chi connectivity index (χ1n) is 5.71. The van der Waals surface area contributed by atoms with Crippen LogP contribution in [0.5, 0.6) is 0 Å². The van der Waals surface area contributed by atoms with E-state index in [1.54, 1.807) is 11.9 Å². The van der Waals surface area contributed by atoms with E-state index in [0.717, 1.165) is 18.7 Å². The highest BCUT2D eigenvalue weighted by molar-refractivity contribution is 5.97. The van der Waals surface area contributed by atoms with Crippen LogP contribution in [0.25, 0.3) is 0 Å². The van der Waals surface area contributed by atoms with Crippen LogP contribution in [0.1, 0.15) is 35.9 Å². The van der Waals surface area contributed by atoms with Gasteiger partial charge in [-0.1, -0.05) is 6.92 Å². The first kappa shape index (κ1) is 11.0. The summed E-state index contributed by atoms with van der Waals surface area (Å²) >= 11 is 0. The summed E-state index contributed by atoms with van der Waals surface area (Å²) in [4.78, 5) is 13.7. The van der Waals surface area contributed by atoms with E-state index < -0.39 is 0 Å². The van der Waals surface area contributed by atoms with E-state index in [2.05, 4.69) is 10.2 Å². The Labute approximate surface area is 95.0 Å². The lowest BCUT2D eigenvalue weighted by molar-refractivity contribution is 0.0784. The second-order valence-corrected chi connectivity index (χ2v) is 4.45. The molecule has 1 aliphatic rings. The monoisotopic (exact) mass is 222 g/mol. The number of carbonyl (C=O) groups is 1. The van der Waals surface area contributed by atoms with Gasteiger partial charge in [-0.05, 0) is 25.2 Å². The fraction of sp³-hybridized carbons (Fsp3) is 0.636. The molecule has 0 unspecified atom stereocenters. The molecule has 0 bridgehead atoms. The maximum Gasteiger partial charge on any atom is 0.276 e. The van der Waals surface area contributed by atoms with Crippen LogP contribution in [-0.2, 0) is 6.42 Å². The van der Waals surface area contributed by atoms with E-state index in [4.69, 9.17) is 5.73 Å². The fourth-order valence-corrected chi connectivity index (χ4v) is 1.77. The Kier molecular flexibility index (Phi) is 2.85. The number of hydrogen-bond donors (Lipinski definition) is 2. The zero-order chi connectivity index (χ0) is 11.7. The summed E-state index contributed by atoms with van der Waals surface area (Å²) in [6.45, 7) is 2.79. The van der Waals surface area contributed by atoms with Gasteiger partial charge in [0.25, 0.3) is 5.91 Å². The van der Waals surface area contributed by atoms with Gasteiger partial charge in [-0.2, -0.15) is 5.10 Å². The van der Waals surface area contributed by atoms with Gasteiger partial charge in [0, 0.05) is 13.6 Å². The molecule has 0 spiro atoms. The molecule has 1 aromatic rings. The molecule has 1 saturated carbocycles. The molecule has 0 aliphatic heterocycles. The van der Waals surface area contributed by atoms with Gasteiger partial charge >= 0.3 is 0 Å². The van der Waals surface area contributed by atoms with E-state index in [-0.39, 0.29) is 5.91 Å². The Morgan fingerprint density at radius 2 is 2.31 bits per heavy atom.